The van der Waals surface area contributed by atoms with Crippen molar-refractivity contribution in [3.63, 3.8) is 0 Å². The lowest BCUT2D eigenvalue weighted by Crippen LogP contribution is -2.00. The van der Waals surface area contributed by atoms with E-state index < -0.39 is 4.92 Å². The molecule has 0 aromatic heterocycles. The van der Waals surface area contributed by atoms with Crippen molar-refractivity contribution in [1.29, 1.82) is 5.26 Å². The van der Waals surface area contributed by atoms with Gasteiger partial charge in [-0.2, -0.15) is 5.26 Å². The van der Waals surface area contributed by atoms with Gasteiger partial charge in [0.25, 0.3) is 5.69 Å². The largest absolute Gasteiger partial charge is 0.396 e. The van der Waals surface area contributed by atoms with Crippen LogP contribution in [0, 0.1) is 21.4 Å². The number of aliphatic hydroxyl groups is 1. The quantitative estimate of drug-likeness (QED) is 0.493. The summed E-state index contributed by atoms with van der Waals surface area (Å²) in [6.07, 6.45) is 0.618. The molecule has 0 saturated heterocycles. The van der Waals surface area contributed by atoms with Crippen LogP contribution in [-0.2, 0) is 0 Å². The van der Waals surface area contributed by atoms with Crippen LogP contribution >= 0.6 is 11.8 Å². The zero-order valence-corrected chi connectivity index (χ0v) is 10.1. The van der Waals surface area contributed by atoms with Gasteiger partial charge in [-0.25, -0.2) is 0 Å². The van der Waals surface area contributed by atoms with Gasteiger partial charge in [-0.3, -0.25) is 10.1 Å². The number of hydrogen-bond donors (Lipinski definition) is 1. The Labute approximate surface area is 103 Å². The molecule has 1 rings (SSSR count). The summed E-state index contributed by atoms with van der Waals surface area (Å²) in [5.41, 5.74) is 0.217. The molecular formula is C11H12N2O3S. The second-order valence-electron chi connectivity index (χ2n) is 3.49. The van der Waals surface area contributed by atoms with Gasteiger partial charge >= 0.3 is 0 Å². The van der Waals surface area contributed by atoms with Crippen molar-refractivity contribution in [3.8, 4) is 6.07 Å². The van der Waals surface area contributed by atoms with Crippen molar-refractivity contribution in [2.75, 3.05) is 6.61 Å². The van der Waals surface area contributed by atoms with Crippen molar-refractivity contribution in [2.24, 2.45) is 0 Å². The standard InChI is InChI=1S/C11H12N2O3S/c1-8(4-5-14)17-11-3-2-10(13(15)16)6-9(11)7-12/h2-3,6,8,14H,4-5H2,1H3. The maximum atomic E-state index is 10.6. The minimum atomic E-state index is -0.521. The van der Waals surface area contributed by atoms with E-state index in [0.717, 1.165) is 0 Å². The molecule has 1 aromatic rings. The average Bonchev–Trinajstić information content (AvgIpc) is 2.29. The second kappa shape index (κ2) is 6.23. The zero-order valence-electron chi connectivity index (χ0n) is 9.29. The van der Waals surface area contributed by atoms with E-state index in [-0.39, 0.29) is 17.5 Å². The summed E-state index contributed by atoms with van der Waals surface area (Å²) in [4.78, 5) is 10.7. The molecule has 5 nitrogen and oxygen atoms in total. The van der Waals surface area contributed by atoms with Crippen LogP contribution in [0.3, 0.4) is 0 Å². The molecule has 1 N–H and O–H groups in total. The Morgan fingerprint density at radius 2 is 2.35 bits per heavy atom. The fourth-order valence-corrected chi connectivity index (χ4v) is 2.31. The van der Waals surface area contributed by atoms with Gasteiger partial charge in [-0.15, -0.1) is 11.8 Å². The van der Waals surface area contributed by atoms with Crippen LogP contribution in [0.25, 0.3) is 0 Å². The molecule has 0 saturated carbocycles. The number of benzene rings is 1. The number of nitro groups is 1. The smallest absolute Gasteiger partial charge is 0.270 e. The Morgan fingerprint density at radius 1 is 1.65 bits per heavy atom. The van der Waals surface area contributed by atoms with Gasteiger partial charge in [-0.05, 0) is 12.5 Å². The molecule has 1 aromatic carbocycles. The predicted molar refractivity (Wildman–Crippen MR) is 64.8 cm³/mol. The topological polar surface area (TPSA) is 87.2 Å². The lowest BCUT2D eigenvalue weighted by Gasteiger charge is -2.10. The molecular weight excluding hydrogens is 240 g/mol. The van der Waals surface area contributed by atoms with E-state index in [1.165, 1.54) is 23.9 Å². The molecule has 0 heterocycles. The van der Waals surface area contributed by atoms with E-state index in [0.29, 0.717) is 16.9 Å². The number of nitro benzene ring substituents is 1. The number of hydrogen-bond acceptors (Lipinski definition) is 5. The molecule has 0 aliphatic heterocycles. The first kappa shape index (κ1) is 13.5. The van der Waals surface area contributed by atoms with E-state index in [2.05, 4.69) is 0 Å². The van der Waals surface area contributed by atoms with E-state index in [9.17, 15) is 10.1 Å². The highest BCUT2D eigenvalue weighted by atomic mass is 32.2. The molecule has 0 aliphatic rings. The molecule has 17 heavy (non-hydrogen) atoms. The third-order valence-corrected chi connectivity index (χ3v) is 3.41. The van der Waals surface area contributed by atoms with Gasteiger partial charge in [0.1, 0.15) is 6.07 Å². The molecule has 0 radical (unpaired) electrons. The highest BCUT2D eigenvalue weighted by Crippen LogP contribution is 2.30. The SMILES string of the molecule is CC(CCO)Sc1ccc([N+](=O)[O-])cc1C#N. The van der Waals surface area contributed by atoms with Crippen molar-refractivity contribution in [3.05, 3.63) is 33.9 Å². The zero-order chi connectivity index (χ0) is 12.8. The van der Waals surface area contributed by atoms with E-state index >= 15 is 0 Å². The number of thioether (sulfide) groups is 1. The van der Waals surface area contributed by atoms with Crippen LogP contribution in [0.15, 0.2) is 23.1 Å². The summed E-state index contributed by atoms with van der Waals surface area (Å²) in [7, 11) is 0. The number of aliphatic hydroxyl groups excluding tert-OH is 1. The molecule has 90 valence electrons. The van der Waals surface area contributed by atoms with Crippen LogP contribution in [-0.4, -0.2) is 21.9 Å². The molecule has 0 amide bonds. The molecule has 0 fully saturated rings. The fraction of sp³-hybridized carbons (Fsp3) is 0.364. The van der Waals surface area contributed by atoms with E-state index in [1.54, 1.807) is 6.07 Å². The number of rotatable bonds is 5. The Morgan fingerprint density at radius 3 is 2.88 bits per heavy atom. The molecule has 6 heteroatoms. The van der Waals surface area contributed by atoms with Crippen LogP contribution in [0.4, 0.5) is 5.69 Å². The van der Waals surface area contributed by atoms with Gasteiger partial charge < -0.3 is 5.11 Å². The Bertz CT molecular complexity index is 457. The number of nitrogens with zero attached hydrogens (tertiary/aromatic N) is 2. The highest BCUT2D eigenvalue weighted by molar-refractivity contribution is 8.00. The Kier molecular flexibility index (Phi) is 4.94. The first-order chi connectivity index (χ1) is 8.08. The molecule has 1 atom stereocenters. The molecule has 0 bridgehead atoms. The summed E-state index contributed by atoms with van der Waals surface area (Å²) in [5.74, 6) is 0. The summed E-state index contributed by atoms with van der Waals surface area (Å²) < 4.78 is 0. The summed E-state index contributed by atoms with van der Waals surface area (Å²) >= 11 is 1.43. The predicted octanol–water partition coefficient (Wildman–Crippen LogP) is 2.33. The first-order valence-electron chi connectivity index (χ1n) is 5.04. The van der Waals surface area contributed by atoms with Crippen molar-refractivity contribution >= 4 is 17.4 Å². The van der Waals surface area contributed by atoms with E-state index in [4.69, 9.17) is 10.4 Å². The first-order valence-corrected chi connectivity index (χ1v) is 5.92. The minimum absolute atomic E-state index is 0.0827. The monoisotopic (exact) mass is 252 g/mol. The van der Waals surface area contributed by atoms with Crippen molar-refractivity contribution in [1.82, 2.24) is 0 Å². The third-order valence-electron chi connectivity index (χ3n) is 2.16. The molecule has 1 unspecified atom stereocenters. The van der Waals surface area contributed by atoms with E-state index in [1.807, 2.05) is 13.0 Å². The minimum Gasteiger partial charge on any atom is -0.396 e. The van der Waals surface area contributed by atoms with Gasteiger partial charge in [0.2, 0.25) is 0 Å². The van der Waals surface area contributed by atoms with Gasteiger partial charge in [0, 0.05) is 28.9 Å². The second-order valence-corrected chi connectivity index (χ2v) is 4.97. The molecule has 0 spiro atoms. The van der Waals surface area contributed by atoms with Crippen LogP contribution in [0.2, 0.25) is 0 Å². The lowest BCUT2D eigenvalue weighted by atomic mass is 10.2. The van der Waals surface area contributed by atoms with Gasteiger partial charge in [-0.1, -0.05) is 6.92 Å². The van der Waals surface area contributed by atoms with Crippen LogP contribution in [0.1, 0.15) is 18.9 Å². The normalized spacial score (nSPS) is 11.8. The number of nitriles is 1. The van der Waals surface area contributed by atoms with Gasteiger partial charge in [0.15, 0.2) is 0 Å². The third kappa shape index (κ3) is 3.73. The highest BCUT2D eigenvalue weighted by Gasteiger charge is 2.13. The summed E-state index contributed by atoms with van der Waals surface area (Å²) in [6.45, 7) is 2.02. The summed E-state index contributed by atoms with van der Waals surface area (Å²) in [5, 5.41) is 28.4. The number of non-ortho nitro benzene ring substituents is 1. The Balaban J connectivity index is 2.94. The van der Waals surface area contributed by atoms with Crippen LogP contribution < -0.4 is 0 Å². The average molecular weight is 252 g/mol. The van der Waals surface area contributed by atoms with Gasteiger partial charge in [0.05, 0.1) is 10.5 Å². The fourth-order valence-electron chi connectivity index (χ4n) is 1.28. The lowest BCUT2D eigenvalue weighted by molar-refractivity contribution is -0.384. The maximum Gasteiger partial charge on any atom is 0.270 e. The van der Waals surface area contributed by atoms with Crippen molar-refractivity contribution < 1.29 is 10.0 Å². The summed E-state index contributed by atoms with van der Waals surface area (Å²) in [6, 6.07) is 6.18. The maximum absolute atomic E-state index is 10.6. The van der Waals surface area contributed by atoms with Crippen molar-refractivity contribution in [2.45, 2.75) is 23.5 Å². The Hall–Kier alpha value is -1.58. The van der Waals surface area contributed by atoms with Crippen LogP contribution in [0.5, 0.6) is 0 Å². The molecule has 0 aliphatic carbocycles.